The maximum atomic E-state index is 13.4. The Balaban J connectivity index is 2.13. The fraction of sp³-hybridized carbons (Fsp3) is 0.571. The molecule has 0 aromatic heterocycles. The summed E-state index contributed by atoms with van der Waals surface area (Å²) in [5.74, 6) is 0.373. The van der Waals surface area contributed by atoms with Crippen molar-refractivity contribution < 1.29 is 19.2 Å². The van der Waals surface area contributed by atoms with Gasteiger partial charge in [0.1, 0.15) is 17.7 Å². The minimum Gasteiger partial charge on any atom is -0.490 e. The molecule has 3 nitrogen and oxygen atoms in total. The monoisotopic (exact) mass is 266 g/mol. The Morgan fingerprint density at radius 3 is 2.68 bits per heavy atom. The zero-order chi connectivity index (χ0) is 13.8. The zero-order valence-corrected chi connectivity index (χ0v) is 11.2. The molecular formula is C14H20BFO3. The standard InChI is InChI=1S/C14H20BFO3/c1-2-10-5-3-4-6-14(10)19-13-8-11(15(17)18)7-12(16)9-13/h7-10,14,17-18H,2-6H2,1H3. The molecule has 0 spiro atoms. The van der Waals surface area contributed by atoms with Crippen molar-refractivity contribution in [1.29, 1.82) is 0 Å². The van der Waals surface area contributed by atoms with Crippen LogP contribution >= 0.6 is 0 Å². The molecule has 0 saturated heterocycles. The Labute approximate surface area is 113 Å². The van der Waals surface area contributed by atoms with Crippen molar-refractivity contribution in [2.24, 2.45) is 5.92 Å². The molecule has 1 saturated carbocycles. The van der Waals surface area contributed by atoms with Gasteiger partial charge in [0.2, 0.25) is 0 Å². The van der Waals surface area contributed by atoms with Crippen molar-refractivity contribution in [2.45, 2.75) is 45.1 Å². The third-order valence-corrected chi connectivity index (χ3v) is 3.84. The first kappa shape index (κ1) is 14.3. The van der Waals surface area contributed by atoms with Crippen molar-refractivity contribution in [3.8, 4) is 5.75 Å². The Hall–Kier alpha value is -1.07. The highest BCUT2D eigenvalue weighted by Gasteiger charge is 2.25. The molecule has 1 aliphatic rings. The van der Waals surface area contributed by atoms with Gasteiger partial charge in [-0.1, -0.05) is 13.3 Å². The number of rotatable bonds is 4. The normalized spacial score (nSPS) is 23.2. The van der Waals surface area contributed by atoms with E-state index in [9.17, 15) is 4.39 Å². The minimum absolute atomic E-state index is 0.101. The molecule has 0 aliphatic heterocycles. The van der Waals surface area contributed by atoms with Gasteiger partial charge in [-0.25, -0.2) is 4.39 Å². The number of hydrogen-bond donors (Lipinski definition) is 2. The first-order chi connectivity index (χ1) is 9.10. The molecule has 0 radical (unpaired) electrons. The van der Waals surface area contributed by atoms with Gasteiger partial charge in [0.25, 0.3) is 0 Å². The molecule has 0 heterocycles. The van der Waals surface area contributed by atoms with Crippen LogP contribution in [0.3, 0.4) is 0 Å². The molecular weight excluding hydrogens is 246 g/mol. The van der Waals surface area contributed by atoms with Gasteiger partial charge in [0.15, 0.2) is 0 Å². The average molecular weight is 266 g/mol. The second-order valence-corrected chi connectivity index (χ2v) is 5.20. The Bertz CT molecular complexity index is 425. The summed E-state index contributed by atoms with van der Waals surface area (Å²) in [6.45, 7) is 2.14. The maximum absolute atomic E-state index is 13.4. The van der Waals surface area contributed by atoms with E-state index in [0.717, 1.165) is 31.7 Å². The highest BCUT2D eigenvalue weighted by atomic mass is 19.1. The SMILES string of the molecule is CCC1CCCCC1Oc1cc(F)cc(B(O)O)c1. The van der Waals surface area contributed by atoms with E-state index in [0.29, 0.717) is 11.7 Å². The van der Waals surface area contributed by atoms with Gasteiger partial charge < -0.3 is 14.8 Å². The summed E-state index contributed by atoms with van der Waals surface area (Å²) in [7, 11) is -1.67. The third kappa shape index (κ3) is 3.70. The van der Waals surface area contributed by atoms with Gasteiger partial charge in [-0.2, -0.15) is 0 Å². The molecule has 19 heavy (non-hydrogen) atoms. The molecule has 2 N–H and O–H groups in total. The molecule has 1 aliphatic carbocycles. The van der Waals surface area contributed by atoms with E-state index in [-0.39, 0.29) is 11.6 Å². The van der Waals surface area contributed by atoms with Gasteiger partial charge >= 0.3 is 7.12 Å². The number of ether oxygens (including phenoxy) is 1. The second-order valence-electron chi connectivity index (χ2n) is 5.20. The number of benzene rings is 1. The van der Waals surface area contributed by atoms with Gasteiger partial charge in [0, 0.05) is 6.07 Å². The van der Waals surface area contributed by atoms with Crippen LogP contribution in [-0.4, -0.2) is 23.3 Å². The molecule has 2 unspecified atom stereocenters. The van der Waals surface area contributed by atoms with Crippen molar-refractivity contribution >= 4 is 12.6 Å². The van der Waals surface area contributed by atoms with Crippen molar-refractivity contribution in [3.05, 3.63) is 24.0 Å². The lowest BCUT2D eigenvalue weighted by atomic mass is 9.80. The quantitative estimate of drug-likeness (QED) is 0.818. The van der Waals surface area contributed by atoms with Crippen LogP contribution in [0.1, 0.15) is 39.0 Å². The molecule has 0 bridgehead atoms. The fourth-order valence-electron chi connectivity index (χ4n) is 2.77. The number of hydrogen-bond acceptors (Lipinski definition) is 3. The Kier molecular flexibility index (Phi) is 4.83. The lowest BCUT2D eigenvalue weighted by Crippen LogP contribution is -2.32. The predicted molar refractivity (Wildman–Crippen MR) is 72.9 cm³/mol. The van der Waals surface area contributed by atoms with E-state index in [1.54, 1.807) is 0 Å². The van der Waals surface area contributed by atoms with Crippen LogP contribution in [0.2, 0.25) is 0 Å². The van der Waals surface area contributed by atoms with Gasteiger partial charge in [-0.15, -0.1) is 0 Å². The van der Waals surface area contributed by atoms with Gasteiger partial charge in [-0.3, -0.25) is 0 Å². The molecule has 1 aromatic rings. The van der Waals surface area contributed by atoms with Crippen LogP contribution in [0, 0.1) is 11.7 Å². The summed E-state index contributed by atoms with van der Waals surface area (Å²) in [5, 5.41) is 18.2. The van der Waals surface area contributed by atoms with Crippen LogP contribution in [0.4, 0.5) is 4.39 Å². The summed E-state index contributed by atoms with van der Waals surface area (Å²) < 4.78 is 19.3. The highest BCUT2D eigenvalue weighted by molar-refractivity contribution is 6.58. The fourth-order valence-corrected chi connectivity index (χ4v) is 2.77. The summed E-state index contributed by atoms with van der Waals surface area (Å²) >= 11 is 0. The smallest absolute Gasteiger partial charge is 0.488 e. The average Bonchev–Trinajstić information content (AvgIpc) is 2.38. The van der Waals surface area contributed by atoms with E-state index in [4.69, 9.17) is 14.8 Å². The highest BCUT2D eigenvalue weighted by Crippen LogP contribution is 2.30. The lowest BCUT2D eigenvalue weighted by Gasteiger charge is -2.31. The summed E-state index contributed by atoms with van der Waals surface area (Å²) in [5.41, 5.74) is 0.124. The second kappa shape index (κ2) is 6.39. The largest absolute Gasteiger partial charge is 0.490 e. The van der Waals surface area contributed by atoms with Crippen LogP contribution < -0.4 is 10.2 Å². The van der Waals surface area contributed by atoms with E-state index in [1.165, 1.54) is 18.6 Å². The van der Waals surface area contributed by atoms with Crippen molar-refractivity contribution in [3.63, 3.8) is 0 Å². The first-order valence-corrected chi connectivity index (χ1v) is 6.93. The van der Waals surface area contributed by atoms with E-state index in [1.807, 2.05) is 0 Å². The summed E-state index contributed by atoms with van der Waals surface area (Å²) in [6.07, 6.45) is 5.63. The van der Waals surface area contributed by atoms with Crippen LogP contribution in [-0.2, 0) is 0 Å². The molecule has 1 aromatic carbocycles. The summed E-state index contributed by atoms with van der Waals surface area (Å²) in [4.78, 5) is 0. The summed E-state index contributed by atoms with van der Waals surface area (Å²) in [6, 6.07) is 3.90. The van der Waals surface area contributed by atoms with E-state index in [2.05, 4.69) is 6.92 Å². The molecule has 2 rings (SSSR count). The van der Waals surface area contributed by atoms with Gasteiger partial charge in [0.05, 0.1) is 0 Å². The predicted octanol–water partition coefficient (Wildman–Crippen LogP) is 1.85. The third-order valence-electron chi connectivity index (χ3n) is 3.84. The topological polar surface area (TPSA) is 49.7 Å². The van der Waals surface area contributed by atoms with E-state index < -0.39 is 12.9 Å². The first-order valence-electron chi connectivity index (χ1n) is 6.93. The minimum atomic E-state index is -1.67. The maximum Gasteiger partial charge on any atom is 0.488 e. The zero-order valence-electron chi connectivity index (χ0n) is 11.2. The van der Waals surface area contributed by atoms with Crippen LogP contribution in [0.15, 0.2) is 18.2 Å². The molecule has 104 valence electrons. The molecule has 5 heteroatoms. The van der Waals surface area contributed by atoms with Crippen molar-refractivity contribution in [1.82, 2.24) is 0 Å². The van der Waals surface area contributed by atoms with Crippen LogP contribution in [0.5, 0.6) is 5.75 Å². The van der Waals surface area contributed by atoms with Crippen LogP contribution in [0.25, 0.3) is 0 Å². The Morgan fingerprint density at radius 1 is 1.26 bits per heavy atom. The van der Waals surface area contributed by atoms with Gasteiger partial charge in [-0.05, 0) is 49.2 Å². The number of halogens is 1. The van der Waals surface area contributed by atoms with E-state index >= 15 is 0 Å². The molecule has 2 atom stereocenters. The Morgan fingerprint density at radius 2 is 2.00 bits per heavy atom. The molecule has 0 amide bonds. The van der Waals surface area contributed by atoms with Crippen molar-refractivity contribution in [2.75, 3.05) is 0 Å². The lowest BCUT2D eigenvalue weighted by molar-refractivity contribution is 0.0901. The molecule has 1 fully saturated rings.